The molecule has 24 heavy (non-hydrogen) atoms. The van der Waals surface area contributed by atoms with E-state index in [1.807, 2.05) is 35.2 Å². The standard InChI is InChI=1S/C19H22ClN3O/c20-15-3-1-2-14-4-5-16(22-17(14)15)18(24)23-12-8-19(9-13-23)6-10-21-11-7-19/h1-5,21H,6-13H2. The number of benzene rings is 1. The molecule has 1 aromatic carbocycles. The van der Waals surface area contributed by atoms with Crippen LogP contribution in [0.25, 0.3) is 10.9 Å². The third kappa shape index (κ3) is 2.89. The van der Waals surface area contributed by atoms with E-state index in [0.717, 1.165) is 44.4 Å². The first kappa shape index (κ1) is 15.9. The molecule has 0 bridgehead atoms. The summed E-state index contributed by atoms with van der Waals surface area (Å²) in [6.07, 6.45) is 4.68. The Balaban J connectivity index is 1.51. The number of nitrogens with one attached hydrogen (secondary N) is 1. The minimum absolute atomic E-state index is 0.0283. The van der Waals surface area contributed by atoms with E-state index in [-0.39, 0.29) is 5.91 Å². The molecule has 2 saturated heterocycles. The van der Waals surface area contributed by atoms with Gasteiger partial charge in [0.2, 0.25) is 0 Å². The highest BCUT2D eigenvalue weighted by atomic mass is 35.5. The van der Waals surface area contributed by atoms with E-state index < -0.39 is 0 Å². The van der Waals surface area contributed by atoms with Gasteiger partial charge in [0.15, 0.2) is 0 Å². The number of likely N-dealkylation sites (tertiary alicyclic amines) is 1. The molecular weight excluding hydrogens is 322 g/mol. The normalized spacial score (nSPS) is 20.5. The quantitative estimate of drug-likeness (QED) is 0.862. The zero-order chi connectivity index (χ0) is 16.6. The van der Waals surface area contributed by atoms with Gasteiger partial charge in [0.1, 0.15) is 5.69 Å². The molecule has 2 aliphatic heterocycles. The van der Waals surface area contributed by atoms with Crippen LogP contribution < -0.4 is 5.32 Å². The molecule has 0 saturated carbocycles. The summed E-state index contributed by atoms with van der Waals surface area (Å²) in [6.45, 7) is 3.89. The largest absolute Gasteiger partial charge is 0.337 e. The summed E-state index contributed by atoms with van der Waals surface area (Å²) in [5, 5.41) is 4.99. The van der Waals surface area contributed by atoms with Gasteiger partial charge in [-0.05, 0) is 56.3 Å². The zero-order valence-electron chi connectivity index (χ0n) is 13.7. The van der Waals surface area contributed by atoms with Crippen molar-refractivity contribution in [3.05, 3.63) is 41.0 Å². The van der Waals surface area contributed by atoms with Crippen LogP contribution in [0.5, 0.6) is 0 Å². The van der Waals surface area contributed by atoms with Crippen molar-refractivity contribution in [1.29, 1.82) is 0 Å². The van der Waals surface area contributed by atoms with Crippen molar-refractivity contribution in [3.63, 3.8) is 0 Å². The monoisotopic (exact) mass is 343 g/mol. The zero-order valence-corrected chi connectivity index (χ0v) is 14.5. The van der Waals surface area contributed by atoms with Crippen molar-refractivity contribution in [2.75, 3.05) is 26.2 Å². The van der Waals surface area contributed by atoms with Crippen molar-refractivity contribution >= 4 is 28.4 Å². The minimum atomic E-state index is 0.0283. The topological polar surface area (TPSA) is 45.2 Å². The van der Waals surface area contributed by atoms with Crippen molar-refractivity contribution in [2.24, 2.45) is 5.41 Å². The lowest BCUT2D eigenvalue weighted by Crippen LogP contribution is -2.47. The van der Waals surface area contributed by atoms with Crippen LogP contribution in [0.2, 0.25) is 5.02 Å². The third-order valence-electron chi connectivity index (χ3n) is 5.67. The van der Waals surface area contributed by atoms with E-state index in [2.05, 4.69) is 10.3 Å². The highest BCUT2D eigenvalue weighted by molar-refractivity contribution is 6.35. The molecule has 2 aliphatic rings. The highest BCUT2D eigenvalue weighted by Crippen LogP contribution is 2.39. The second-order valence-electron chi connectivity index (χ2n) is 7.05. The molecule has 4 rings (SSSR count). The Bertz CT molecular complexity index is 760. The molecule has 0 radical (unpaired) electrons. The van der Waals surface area contributed by atoms with Gasteiger partial charge >= 0.3 is 0 Å². The van der Waals surface area contributed by atoms with E-state index in [1.165, 1.54) is 12.8 Å². The number of rotatable bonds is 1. The molecule has 1 aromatic heterocycles. The number of hydrogen-bond acceptors (Lipinski definition) is 3. The average Bonchev–Trinajstić information content (AvgIpc) is 2.63. The molecule has 1 spiro atoms. The van der Waals surface area contributed by atoms with Gasteiger partial charge in [-0.1, -0.05) is 29.8 Å². The Kier molecular flexibility index (Phi) is 4.19. The van der Waals surface area contributed by atoms with Gasteiger partial charge in [0, 0.05) is 18.5 Å². The Hall–Kier alpha value is -1.65. The molecule has 0 aliphatic carbocycles. The number of aromatic nitrogens is 1. The number of fused-ring (bicyclic) bond motifs is 1. The molecule has 0 unspecified atom stereocenters. The van der Waals surface area contributed by atoms with Crippen LogP contribution in [0.4, 0.5) is 0 Å². The lowest BCUT2D eigenvalue weighted by molar-refractivity contribution is 0.0491. The summed E-state index contributed by atoms with van der Waals surface area (Å²) in [7, 11) is 0. The number of hydrogen-bond donors (Lipinski definition) is 1. The molecule has 3 heterocycles. The maximum atomic E-state index is 12.8. The predicted molar refractivity (Wildman–Crippen MR) is 96.4 cm³/mol. The SMILES string of the molecule is O=C(c1ccc2cccc(Cl)c2n1)N1CCC2(CCNCC2)CC1. The minimum Gasteiger partial charge on any atom is -0.337 e. The van der Waals surface area contributed by atoms with E-state index in [4.69, 9.17) is 11.6 Å². The van der Waals surface area contributed by atoms with E-state index in [1.54, 1.807) is 0 Å². The number of carbonyl (C=O) groups excluding carboxylic acids is 1. The van der Waals surface area contributed by atoms with Crippen LogP contribution in [-0.4, -0.2) is 42.0 Å². The first-order valence-electron chi connectivity index (χ1n) is 8.72. The number of nitrogens with zero attached hydrogens (tertiary/aromatic N) is 2. The number of pyridine rings is 1. The first-order chi connectivity index (χ1) is 11.7. The maximum Gasteiger partial charge on any atom is 0.272 e. The van der Waals surface area contributed by atoms with E-state index in [9.17, 15) is 4.79 Å². The smallest absolute Gasteiger partial charge is 0.272 e. The van der Waals surface area contributed by atoms with Crippen molar-refractivity contribution in [3.8, 4) is 0 Å². The van der Waals surface area contributed by atoms with Gasteiger partial charge in [0.05, 0.1) is 10.5 Å². The van der Waals surface area contributed by atoms with Crippen LogP contribution in [0.1, 0.15) is 36.2 Å². The summed E-state index contributed by atoms with van der Waals surface area (Å²) in [4.78, 5) is 19.3. The van der Waals surface area contributed by atoms with Crippen LogP contribution >= 0.6 is 11.6 Å². The van der Waals surface area contributed by atoms with E-state index in [0.29, 0.717) is 21.6 Å². The molecule has 2 aromatic rings. The Morgan fingerprint density at radius 2 is 1.83 bits per heavy atom. The first-order valence-corrected chi connectivity index (χ1v) is 9.10. The van der Waals surface area contributed by atoms with Gasteiger partial charge in [-0.2, -0.15) is 0 Å². The molecular formula is C19H22ClN3O. The van der Waals surface area contributed by atoms with Gasteiger partial charge in [-0.15, -0.1) is 0 Å². The number of para-hydroxylation sites is 1. The van der Waals surface area contributed by atoms with Crippen molar-refractivity contribution < 1.29 is 4.79 Å². The summed E-state index contributed by atoms with van der Waals surface area (Å²) < 4.78 is 0. The van der Waals surface area contributed by atoms with Crippen LogP contribution in [0, 0.1) is 5.41 Å². The molecule has 2 fully saturated rings. The fraction of sp³-hybridized carbons (Fsp3) is 0.474. The highest BCUT2D eigenvalue weighted by Gasteiger charge is 2.37. The molecule has 0 atom stereocenters. The predicted octanol–water partition coefficient (Wildman–Crippen LogP) is 3.49. The third-order valence-corrected chi connectivity index (χ3v) is 5.97. The number of amides is 1. The van der Waals surface area contributed by atoms with Gasteiger partial charge in [0.25, 0.3) is 5.91 Å². The van der Waals surface area contributed by atoms with Crippen LogP contribution in [0.3, 0.4) is 0 Å². The fourth-order valence-electron chi connectivity index (χ4n) is 4.03. The van der Waals surface area contributed by atoms with E-state index >= 15 is 0 Å². The Morgan fingerprint density at radius 3 is 2.58 bits per heavy atom. The van der Waals surface area contributed by atoms with Gasteiger partial charge in [-0.3, -0.25) is 4.79 Å². The summed E-state index contributed by atoms with van der Waals surface area (Å²) >= 11 is 6.22. The number of piperidine rings is 2. The van der Waals surface area contributed by atoms with Gasteiger partial charge in [-0.25, -0.2) is 4.98 Å². The average molecular weight is 344 g/mol. The number of carbonyl (C=O) groups is 1. The summed E-state index contributed by atoms with van der Waals surface area (Å²) in [5.41, 5.74) is 1.65. The second-order valence-corrected chi connectivity index (χ2v) is 7.46. The summed E-state index contributed by atoms with van der Waals surface area (Å²) in [6, 6.07) is 9.42. The Morgan fingerprint density at radius 1 is 1.08 bits per heavy atom. The molecule has 126 valence electrons. The fourth-order valence-corrected chi connectivity index (χ4v) is 4.26. The van der Waals surface area contributed by atoms with Crippen LogP contribution in [0.15, 0.2) is 30.3 Å². The number of halogens is 1. The van der Waals surface area contributed by atoms with Crippen LogP contribution in [-0.2, 0) is 0 Å². The molecule has 1 N–H and O–H groups in total. The second kappa shape index (κ2) is 6.34. The molecule has 1 amide bonds. The van der Waals surface area contributed by atoms with Crippen molar-refractivity contribution in [1.82, 2.24) is 15.2 Å². The maximum absolute atomic E-state index is 12.8. The van der Waals surface area contributed by atoms with Crippen molar-refractivity contribution in [2.45, 2.75) is 25.7 Å². The molecule has 4 nitrogen and oxygen atoms in total. The Labute approximate surface area is 147 Å². The van der Waals surface area contributed by atoms with Gasteiger partial charge < -0.3 is 10.2 Å². The summed E-state index contributed by atoms with van der Waals surface area (Å²) in [5.74, 6) is 0.0283. The lowest BCUT2D eigenvalue weighted by atomic mass is 9.71. The lowest BCUT2D eigenvalue weighted by Gasteiger charge is -2.44. The molecule has 5 heteroatoms.